The Bertz CT molecular complexity index is 605. The zero-order chi connectivity index (χ0) is 14.0. The molecular weight excluding hydrogens is 244 g/mol. The quantitative estimate of drug-likeness (QED) is 0.855. The number of carboxylic acids is 1. The molecule has 0 aliphatic heterocycles. The highest BCUT2D eigenvalue weighted by atomic mass is 16.4. The molecule has 98 valence electrons. The number of furan rings is 1. The lowest BCUT2D eigenvalue weighted by Crippen LogP contribution is -2.28. The molecule has 0 atom stereocenters. The van der Waals surface area contributed by atoms with Gasteiger partial charge in [-0.1, -0.05) is 24.3 Å². The first-order valence-electron chi connectivity index (χ1n) is 5.84. The smallest absolute Gasteiger partial charge is 0.313 e. The lowest BCUT2D eigenvalue weighted by molar-refractivity contribution is -0.142. The maximum absolute atomic E-state index is 11.2. The van der Waals surface area contributed by atoms with Crippen molar-refractivity contribution in [3.05, 3.63) is 47.7 Å². The molecule has 2 aromatic rings. The van der Waals surface area contributed by atoms with E-state index in [4.69, 9.17) is 9.52 Å². The summed E-state index contributed by atoms with van der Waals surface area (Å²) in [7, 11) is 0. The van der Waals surface area contributed by atoms with E-state index < -0.39 is 11.4 Å². The number of rotatable bonds is 4. The Hall–Kier alpha value is -2.36. The Morgan fingerprint density at radius 3 is 2.26 bits per heavy atom. The van der Waals surface area contributed by atoms with E-state index >= 15 is 0 Å². The molecule has 0 spiro atoms. The molecule has 0 saturated carbocycles. The maximum atomic E-state index is 11.2. The fourth-order valence-corrected chi connectivity index (χ4v) is 1.75. The van der Waals surface area contributed by atoms with Gasteiger partial charge in [0.15, 0.2) is 12.0 Å². The van der Waals surface area contributed by atoms with Gasteiger partial charge in [0.05, 0.1) is 5.41 Å². The Morgan fingerprint density at radius 1 is 1.16 bits per heavy atom. The molecule has 1 N–H and O–H groups in total. The van der Waals surface area contributed by atoms with Crippen LogP contribution in [0.15, 0.2) is 40.8 Å². The van der Waals surface area contributed by atoms with Gasteiger partial charge in [0.1, 0.15) is 5.76 Å². The zero-order valence-corrected chi connectivity index (χ0v) is 10.7. The van der Waals surface area contributed by atoms with Crippen LogP contribution in [0.5, 0.6) is 0 Å². The van der Waals surface area contributed by atoms with Crippen LogP contribution in [0.3, 0.4) is 0 Å². The van der Waals surface area contributed by atoms with Crippen molar-refractivity contribution in [1.82, 2.24) is 0 Å². The lowest BCUT2D eigenvalue weighted by Gasteiger charge is -2.19. The highest BCUT2D eigenvalue weighted by Crippen LogP contribution is 2.27. The fraction of sp³-hybridized carbons (Fsp3) is 0.200. The minimum absolute atomic E-state index is 0.268. The number of aldehydes is 1. The molecule has 0 amide bonds. The van der Waals surface area contributed by atoms with E-state index in [0.29, 0.717) is 17.6 Å². The summed E-state index contributed by atoms with van der Waals surface area (Å²) in [5.74, 6) is -0.0202. The fourth-order valence-electron chi connectivity index (χ4n) is 1.75. The van der Waals surface area contributed by atoms with Crippen LogP contribution >= 0.6 is 0 Å². The van der Waals surface area contributed by atoms with Gasteiger partial charge in [-0.2, -0.15) is 0 Å². The molecule has 0 bridgehead atoms. The average molecular weight is 258 g/mol. The van der Waals surface area contributed by atoms with Gasteiger partial charge < -0.3 is 9.52 Å². The summed E-state index contributed by atoms with van der Waals surface area (Å²) in [4.78, 5) is 21.7. The summed E-state index contributed by atoms with van der Waals surface area (Å²) < 4.78 is 5.31. The number of hydrogen-bond donors (Lipinski definition) is 1. The second-order valence-electron chi connectivity index (χ2n) is 4.83. The van der Waals surface area contributed by atoms with Gasteiger partial charge in [-0.05, 0) is 31.5 Å². The summed E-state index contributed by atoms with van der Waals surface area (Å²) in [5.41, 5.74) is 0.583. The average Bonchev–Trinajstić information content (AvgIpc) is 2.87. The molecule has 4 heteroatoms. The van der Waals surface area contributed by atoms with Crippen molar-refractivity contribution >= 4 is 12.3 Å². The summed E-state index contributed by atoms with van der Waals surface area (Å²) in [6, 6.07) is 10.4. The van der Waals surface area contributed by atoms with Crippen LogP contribution in [0.4, 0.5) is 0 Å². The first-order chi connectivity index (χ1) is 8.95. The second kappa shape index (κ2) is 4.72. The van der Waals surface area contributed by atoms with Crippen LogP contribution in [0.1, 0.15) is 30.0 Å². The Kier molecular flexibility index (Phi) is 3.25. The molecule has 0 saturated heterocycles. The minimum atomic E-state index is -0.935. The van der Waals surface area contributed by atoms with Gasteiger partial charge in [0, 0.05) is 5.56 Å². The molecule has 0 unspecified atom stereocenters. The Balaban J connectivity index is 2.33. The first kappa shape index (κ1) is 13.1. The Labute approximate surface area is 110 Å². The highest BCUT2D eigenvalue weighted by Gasteiger charge is 2.29. The van der Waals surface area contributed by atoms with Crippen LogP contribution in [0, 0.1) is 0 Å². The van der Waals surface area contributed by atoms with E-state index in [2.05, 4.69) is 0 Å². The number of benzene rings is 1. The van der Waals surface area contributed by atoms with Crippen molar-refractivity contribution < 1.29 is 19.1 Å². The first-order valence-corrected chi connectivity index (χ1v) is 5.84. The van der Waals surface area contributed by atoms with E-state index in [1.165, 1.54) is 0 Å². The van der Waals surface area contributed by atoms with E-state index in [1.54, 1.807) is 50.2 Å². The van der Waals surface area contributed by atoms with Gasteiger partial charge in [-0.3, -0.25) is 9.59 Å². The van der Waals surface area contributed by atoms with Crippen LogP contribution in [0.2, 0.25) is 0 Å². The summed E-state index contributed by atoms with van der Waals surface area (Å²) in [5, 5.41) is 9.16. The van der Waals surface area contributed by atoms with Gasteiger partial charge in [-0.25, -0.2) is 0 Å². The molecule has 4 nitrogen and oxygen atoms in total. The van der Waals surface area contributed by atoms with Gasteiger partial charge in [-0.15, -0.1) is 0 Å². The summed E-state index contributed by atoms with van der Waals surface area (Å²) in [6.07, 6.45) is 0.644. The molecule has 1 heterocycles. The molecule has 0 aliphatic carbocycles. The van der Waals surface area contributed by atoms with Gasteiger partial charge >= 0.3 is 5.97 Å². The van der Waals surface area contributed by atoms with Crippen molar-refractivity contribution in [3.63, 3.8) is 0 Å². The largest absolute Gasteiger partial charge is 0.481 e. The monoisotopic (exact) mass is 258 g/mol. The topological polar surface area (TPSA) is 67.5 Å². The lowest BCUT2D eigenvalue weighted by atomic mass is 9.84. The minimum Gasteiger partial charge on any atom is -0.481 e. The van der Waals surface area contributed by atoms with E-state index in [9.17, 15) is 9.59 Å². The van der Waals surface area contributed by atoms with Crippen molar-refractivity contribution in [2.24, 2.45) is 0 Å². The number of carbonyl (C=O) groups is 2. The molecule has 1 aromatic heterocycles. The van der Waals surface area contributed by atoms with Crippen molar-refractivity contribution in [1.29, 1.82) is 0 Å². The van der Waals surface area contributed by atoms with Crippen LogP contribution in [-0.2, 0) is 10.2 Å². The third-order valence-electron chi connectivity index (χ3n) is 3.17. The maximum Gasteiger partial charge on any atom is 0.313 e. The third kappa shape index (κ3) is 2.42. The number of carboxylic acid groups (broad SMARTS) is 1. The predicted molar refractivity (Wildman–Crippen MR) is 70.2 cm³/mol. The van der Waals surface area contributed by atoms with Crippen molar-refractivity contribution in [3.8, 4) is 11.3 Å². The van der Waals surface area contributed by atoms with Gasteiger partial charge in [0.25, 0.3) is 0 Å². The standard InChI is InChI=1S/C15H14O4/c1-15(2,14(17)18)11-5-3-10(4-6-11)13-8-7-12(9-16)19-13/h3-9H,1-2H3,(H,17,18). The number of hydrogen-bond acceptors (Lipinski definition) is 3. The normalized spacial score (nSPS) is 11.3. The van der Waals surface area contributed by atoms with Crippen LogP contribution in [-0.4, -0.2) is 17.4 Å². The summed E-state index contributed by atoms with van der Waals surface area (Å²) in [6.45, 7) is 3.31. The predicted octanol–water partition coefficient (Wildman–Crippen LogP) is 3.12. The van der Waals surface area contributed by atoms with E-state index in [-0.39, 0.29) is 5.76 Å². The molecule has 2 rings (SSSR count). The molecule has 0 fully saturated rings. The Morgan fingerprint density at radius 2 is 1.79 bits per heavy atom. The highest BCUT2D eigenvalue weighted by molar-refractivity contribution is 5.80. The molecule has 0 radical (unpaired) electrons. The second-order valence-corrected chi connectivity index (χ2v) is 4.83. The van der Waals surface area contributed by atoms with Crippen molar-refractivity contribution in [2.45, 2.75) is 19.3 Å². The molecule has 1 aromatic carbocycles. The SMILES string of the molecule is CC(C)(C(=O)O)c1ccc(-c2ccc(C=O)o2)cc1. The van der Waals surface area contributed by atoms with Crippen LogP contribution < -0.4 is 0 Å². The molecular formula is C15H14O4. The molecule has 19 heavy (non-hydrogen) atoms. The zero-order valence-electron chi connectivity index (χ0n) is 10.7. The van der Waals surface area contributed by atoms with Crippen LogP contribution in [0.25, 0.3) is 11.3 Å². The van der Waals surface area contributed by atoms with E-state index in [1.807, 2.05) is 0 Å². The van der Waals surface area contributed by atoms with E-state index in [0.717, 1.165) is 5.56 Å². The van der Waals surface area contributed by atoms with Gasteiger partial charge in [0.2, 0.25) is 0 Å². The summed E-state index contributed by atoms with van der Waals surface area (Å²) >= 11 is 0. The third-order valence-corrected chi connectivity index (χ3v) is 3.17. The number of carbonyl (C=O) groups excluding carboxylic acids is 1. The number of aliphatic carboxylic acids is 1. The van der Waals surface area contributed by atoms with Crippen molar-refractivity contribution in [2.75, 3.05) is 0 Å². The molecule has 0 aliphatic rings.